The van der Waals surface area contributed by atoms with Crippen LogP contribution in [0.1, 0.15) is 61.0 Å². The summed E-state index contributed by atoms with van der Waals surface area (Å²) in [5.41, 5.74) is 5.13. The highest BCUT2D eigenvalue weighted by atomic mass is 35.5. The normalized spacial score (nSPS) is 14.9. The molecule has 1 atom stereocenters. The van der Waals surface area contributed by atoms with Gasteiger partial charge in [-0.15, -0.1) is 5.10 Å². The quantitative estimate of drug-likeness (QED) is 0.238. The molecule has 1 amide bonds. The van der Waals surface area contributed by atoms with E-state index in [9.17, 15) is 9.18 Å². The van der Waals surface area contributed by atoms with E-state index in [1.165, 1.54) is 12.1 Å². The van der Waals surface area contributed by atoms with Crippen LogP contribution in [0.5, 0.6) is 5.88 Å². The Balaban J connectivity index is 1.56. The number of ether oxygens (including phenoxy) is 1. The lowest BCUT2D eigenvalue weighted by atomic mass is 10.0. The van der Waals surface area contributed by atoms with Crippen molar-refractivity contribution in [2.45, 2.75) is 45.1 Å². The van der Waals surface area contributed by atoms with E-state index < -0.39 is 6.09 Å². The Morgan fingerprint density at radius 2 is 1.82 bits per heavy atom. The number of carbonyl (C=O) groups is 1. The highest BCUT2D eigenvalue weighted by Crippen LogP contribution is 2.39. The van der Waals surface area contributed by atoms with Crippen LogP contribution in [0.4, 0.5) is 9.18 Å². The van der Waals surface area contributed by atoms with Gasteiger partial charge in [0.15, 0.2) is 0 Å². The van der Waals surface area contributed by atoms with Crippen molar-refractivity contribution in [2.75, 3.05) is 0 Å². The molecular formula is C31H28Cl2FN3O2. The fourth-order valence-corrected chi connectivity index (χ4v) is 5.39. The van der Waals surface area contributed by atoms with Crippen molar-refractivity contribution < 1.29 is 13.9 Å². The van der Waals surface area contributed by atoms with E-state index in [0.29, 0.717) is 28.6 Å². The molecule has 39 heavy (non-hydrogen) atoms. The maximum atomic E-state index is 13.6. The Morgan fingerprint density at radius 1 is 1.08 bits per heavy atom. The molecular weight excluding hydrogens is 536 g/mol. The Bertz CT molecular complexity index is 1500. The molecule has 1 aliphatic rings. The fourth-order valence-electron chi connectivity index (χ4n) is 4.90. The minimum Gasteiger partial charge on any atom is -0.389 e. The fraction of sp³-hybridized carbons (Fsp3) is 0.226. The average Bonchev–Trinajstić information content (AvgIpc) is 3.13. The summed E-state index contributed by atoms with van der Waals surface area (Å²) in [6.45, 7) is 2.01. The van der Waals surface area contributed by atoms with Crippen LogP contribution in [0.2, 0.25) is 10.0 Å². The molecule has 1 aliphatic carbocycles. The molecule has 0 saturated carbocycles. The zero-order chi connectivity index (χ0) is 27.4. The topological polar surface area (TPSA) is 56.1 Å². The molecule has 0 spiro atoms. The van der Waals surface area contributed by atoms with Crippen molar-refractivity contribution in [3.8, 4) is 11.6 Å². The number of aromatic nitrogens is 2. The molecule has 1 N–H and O–H groups in total. The van der Waals surface area contributed by atoms with Gasteiger partial charge in [0, 0.05) is 10.6 Å². The third kappa shape index (κ3) is 6.18. The van der Waals surface area contributed by atoms with Crippen molar-refractivity contribution in [3.05, 3.63) is 111 Å². The van der Waals surface area contributed by atoms with Gasteiger partial charge in [-0.25, -0.2) is 13.9 Å². The minimum absolute atomic E-state index is 0.195. The van der Waals surface area contributed by atoms with Crippen LogP contribution in [-0.2, 0) is 6.42 Å². The Kier molecular flexibility index (Phi) is 8.34. The first kappa shape index (κ1) is 27.0. The molecule has 3 aromatic carbocycles. The lowest BCUT2D eigenvalue weighted by Crippen LogP contribution is -2.31. The monoisotopic (exact) mass is 563 g/mol. The van der Waals surface area contributed by atoms with E-state index in [1.807, 2.05) is 43.3 Å². The molecule has 0 radical (unpaired) electrons. The number of allylic oxidation sites excluding steroid dienone is 1. The van der Waals surface area contributed by atoms with Crippen molar-refractivity contribution in [2.24, 2.45) is 0 Å². The van der Waals surface area contributed by atoms with Crippen LogP contribution >= 0.6 is 23.2 Å². The second kappa shape index (κ2) is 12.1. The number of amides is 1. The lowest BCUT2D eigenvalue weighted by molar-refractivity contribution is 0.193. The molecule has 0 unspecified atom stereocenters. The number of rotatable bonds is 6. The van der Waals surface area contributed by atoms with Gasteiger partial charge in [0.2, 0.25) is 5.88 Å². The molecule has 0 fully saturated rings. The summed E-state index contributed by atoms with van der Waals surface area (Å²) in [7, 11) is 0. The summed E-state index contributed by atoms with van der Waals surface area (Å²) in [5, 5.41) is 8.65. The SMILES string of the molecule is CC[C@@H](NC(=O)Oc1nn(-c2ccc(Cl)cc2Cl)c2c1CCCC/C2=C\c1ccc(F)cc1)c1ccccc1. The number of halogens is 3. The number of carbonyl (C=O) groups excluding carboxylic acids is 1. The van der Waals surface area contributed by atoms with Gasteiger partial charge in [0.05, 0.1) is 22.4 Å². The molecule has 0 bridgehead atoms. The molecule has 0 aliphatic heterocycles. The highest BCUT2D eigenvalue weighted by molar-refractivity contribution is 6.35. The third-order valence-electron chi connectivity index (χ3n) is 6.81. The van der Waals surface area contributed by atoms with E-state index in [-0.39, 0.29) is 17.7 Å². The Morgan fingerprint density at radius 3 is 2.54 bits per heavy atom. The van der Waals surface area contributed by atoms with Crippen LogP contribution in [0, 0.1) is 5.82 Å². The third-order valence-corrected chi connectivity index (χ3v) is 7.35. The average molecular weight is 564 g/mol. The van der Waals surface area contributed by atoms with Gasteiger partial charge < -0.3 is 10.1 Å². The molecule has 8 heteroatoms. The summed E-state index contributed by atoms with van der Waals surface area (Å²) in [5.74, 6) is -0.0531. The van der Waals surface area contributed by atoms with Gasteiger partial charge in [0.25, 0.3) is 0 Å². The molecule has 5 nitrogen and oxygen atoms in total. The predicted octanol–water partition coefficient (Wildman–Crippen LogP) is 8.82. The van der Waals surface area contributed by atoms with Crippen molar-refractivity contribution in [1.29, 1.82) is 0 Å². The maximum Gasteiger partial charge on any atom is 0.414 e. The first-order valence-electron chi connectivity index (χ1n) is 13.0. The second-order valence-corrected chi connectivity index (χ2v) is 10.3. The number of nitrogens with one attached hydrogen (secondary N) is 1. The number of fused-ring (bicyclic) bond motifs is 1. The molecule has 1 aromatic heterocycles. The van der Waals surface area contributed by atoms with Gasteiger partial charge in [0.1, 0.15) is 5.82 Å². The van der Waals surface area contributed by atoms with Gasteiger partial charge >= 0.3 is 6.09 Å². The molecule has 0 saturated heterocycles. The zero-order valence-electron chi connectivity index (χ0n) is 21.5. The number of nitrogens with zero attached hydrogens (tertiary/aromatic N) is 2. The van der Waals surface area contributed by atoms with Gasteiger partial charge in [-0.1, -0.05) is 72.6 Å². The smallest absolute Gasteiger partial charge is 0.389 e. The van der Waals surface area contributed by atoms with E-state index in [2.05, 4.69) is 5.32 Å². The van der Waals surface area contributed by atoms with Crippen molar-refractivity contribution in [3.63, 3.8) is 0 Å². The summed E-state index contributed by atoms with van der Waals surface area (Å²) < 4.78 is 21.2. The first-order chi connectivity index (χ1) is 18.9. The van der Waals surface area contributed by atoms with Crippen LogP contribution in [0.15, 0.2) is 72.8 Å². The predicted molar refractivity (Wildman–Crippen MR) is 154 cm³/mol. The molecule has 5 rings (SSSR count). The second-order valence-electron chi connectivity index (χ2n) is 9.47. The van der Waals surface area contributed by atoms with Crippen LogP contribution in [0.25, 0.3) is 17.3 Å². The molecule has 200 valence electrons. The summed E-state index contributed by atoms with van der Waals surface area (Å²) in [6, 6.07) is 21.1. The number of hydrogen-bond donors (Lipinski definition) is 1. The summed E-state index contributed by atoms with van der Waals surface area (Å²) in [6.07, 6.45) is 5.45. The summed E-state index contributed by atoms with van der Waals surface area (Å²) >= 11 is 12.8. The van der Waals surface area contributed by atoms with Crippen molar-refractivity contribution >= 4 is 40.9 Å². The maximum absolute atomic E-state index is 13.6. The molecule has 4 aromatic rings. The molecule has 1 heterocycles. The van der Waals surface area contributed by atoms with E-state index in [0.717, 1.165) is 47.2 Å². The van der Waals surface area contributed by atoms with Gasteiger partial charge in [-0.3, -0.25) is 0 Å². The highest BCUT2D eigenvalue weighted by Gasteiger charge is 2.28. The van der Waals surface area contributed by atoms with Gasteiger partial charge in [-0.2, -0.15) is 0 Å². The Labute approximate surface area is 237 Å². The van der Waals surface area contributed by atoms with E-state index >= 15 is 0 Å². The van der Waals surface area contributed by atoms with Crippen LogP contribution in [0.3, 0.4) is 0 Å². The number of hydrogen-bond acceptors (Lipinski definition) is 3. The standard InChI is InChI=1S/C31H28Cl2FN3O2/c1-2-27(21-8-4-3-5-9-21)35-31(38)39-30-25-11-7-6-10-22(18-20-12-15-24(34)16-13-20)29(25)37(36-30)28-17-14-23(32)19-26(28)33/h3-5,8-9,12-19,27H,2,6-7,10-11H2,1H3,(H,35,38)/b22-18+/t27-/m1/s1. The van der Waals surface area contributed by atoms with Crippen LogP contribution in [-0.4, -0.2) is 15.9 Å². The lowest BCUT2D eigenvalue weighted by Gasteiger charge is -2.16. The zero-order valence-corrected chi connectivity index (χ0v) is 23.0. The van der Waals surface area contributed by atoms with Crippen LogP contribution < -0.4 is 10.1 Å². The van der Waals surface area contributed by atoms with E-state index in [4.69, 9.17) is 33.0 Å². The Hall–Kier alpha value is -3.61. The van der Waals surface area contributed by atoms with Gasteiger partial charge in [-0.05, 0) is 85.2 Å². The van der Waals surface area contributed by atoms with E-state index in [1.54, 1.807) is 35.0 Å². The largest absolute Gasteiger partial charge is 0.414 e. The summed E-state index contributed by atoms with van der Waals surface area (Å²) in [4.78, 5) is 13.1. The first-order valence-corrected chi connectivity index (χ1v) is 13.8. The minimum atomic E-state index is -0.575. The number of benzene rings is 3. The van der Waals surface area contributed by atoms with Crippen molar-refractivity contribution in [1.82, 2.24) is 15.1 Å².